The number of nitrogens with one attached hydrogen (secondary N) is 1. The molecule has 0 radical (unpaired) electrons. The Hall–Kier alpha value is -2.06. The second-order valence-corrected chi connectivity index (χ2v) is 6.63. The Labute approximate surface area is 147 Å². The zero-order valence-corrected chi connectivity index (χ0v) is 14.5. The molecule has 0 unspecified atom stereocenters. The first-order valence-electron chi connectivity index (χ1n) is 7.09. The number of carbonyl (C=O) groups excluding carboxylic acids is 2. The van der Waals surface area contributed by atoms with E-state index in [0.717, 1.165) is 11.5 Å². The smallest absolute Gasteiger partial charge is 0.329 e. The molecular formula is C15H15ClFN3O3S. The van der Waals surface area contributed by atoms with E-state index in [1.807, 2.05) is 0 Å². The molecule has 128 valence electrons. The summed E-state index contributed by atoms with van der Waals surface area (Å²) in [6.45, 7) is 3.34. The second kappa shape index (κ2) is 8.16. The minimum Gasteiger partial charge on any atom is -0.457 e. The van der Waals surface area contributed by atoms with Crippen LogP contribution in [0.4, 0.5) is 4.39 Å². The molecule has 0 aliphatic rings. The summed E-state index contributed by atoms with van der Waals surface area (Å²) in [5, 5.41) is 6.23. The number of benzene rings is 1. The molecular weight excluding hydrogens is 357 g/mol. The van der Waals surface area contributed by atoms with E-state index in [0.29, 0.717) is 10.0 Å². The fraction of sp³-hybridized carbons (Fsp3) is 0.333. The van der Waals surface area contributed by atoms with Crippen LogP contribution in [0.2, 0.25) is 4.34 Å². The molecule has 0 spiro atoms. The first-order chi connectivity index (χ1) is 11.4. The van der Waals surface area contributed by atoms with Gasteiger partial charge >= 0.3 is 5.97 Å². The fourth-order valence-electron chi connectivity index (χ4n) is 1.87. The molecule has 1 aromatic heterocycles. The van der Waals surface area contributed by atoms with Gasteiger partial charge in [-0.05, 0) is 18.1 Å². The van der Waals surface area contributed by atoms with Gasteiger partial charge in [0.05, 0.1) is 5.56 Å². The SMILES string of the molecule is CC(C)[C@H](NC(=O)c1ccccc1F)C(=O)OCc1nnsc1Cl. The number of nitrogens with zero attached hydrogens (tertiary/aromatic N) is 2. The van der Waals surface area contributed by atoms with Gasteiger partial charge in [0.2, 0.25) is 0 Å². The van der Waals surface area contributed by atoms with E-state index in [4.69, 9.17) is 16.3 Å². The molecule has 2 rings (SSSR count). The summed E-state index contributed by atoms with van der Waals surface area (Å²) < 4.78 is 22.8. The fourth-order valence-corrected chi connectivity index (χ4v) is 2.48. The maximum absolute atomic E-state index is 13.7. The zero-order chi connectivity index (χ0) is 17.7. The highest BCUT2D eigenvalue weighted by Crippen LogP contribution is 2.18. The van der Waals surface area contributed by atoms with Crippen LogP contribution in [0.15, 0.2) is 24.3 Å². The van der Waals surface area contributed by atoms with Gasteiger partial charge in [-0.25, -0.2) is 9.18 Å². The van der Waals surface area contributed by atoms with Crippen molar-refractivity contribution in [2.45, 2.75) is 26.5 Å². The molecule has 2 aromatic rings. The lowest BCUT2D eigenvalue weighted by Crippen LogP contribution is -2.45. The van der Waals surface area contributed by atoms with Crippen molar-refractivity contribution in [3.8, 4) is 0 Å². The van der Waals surface area contributed by atoms with E-state index in [1.165, 1.54) is 24.3 Å². The van der Waals surface area contributed by atoms with Crippen molar-refractivity contribution in [1.29, 1.82) is 0 Å². The van der Waals surface area contributed by atoms with Crippen molar-refractivity contribution in [2.24, 2.45) is 5.92 Å². The topological polar surface area (TPSA) is 81.2 Å². The third kappa shape index (κ3) is 4.48. The van der Waals surface area contributed by atoms with Gasteiger partial charge in [-0.1, -0.05) is 42.1 Å². The predicted octanol–water partition coefficient (Wildman–Crippen LogP) is 2.83. The molecule has 9 heteroatoms. The second-order valence-electron chi connectivity index (χ2n) is 5.28. The van der Waals surface area contributed by atoms with Crippen LogP contribution in [0.3, 0.4) is 0 Å². The van der Waals surface area contributed by atoms with Crippen LogP contribution in [0.25, 0.3) is 0 Å². The van der Waals surface area contributed by atoms with E-state index in [2.05, 4.69) is 14.9 Å². The van der Waals surface area contributed by atoms with Crippen molar-refractivity contribution in [3.63, 3.8) is 0 Å². The van der Waals surface area contributed by atoms with Gasteiger partial charge in [0, 0.05) is 11.5 Å². The average Bonchev–Trinajstić information content (AvgIpc) is 2.95. The molecule has 24 heavy (non-hydrogen) atoms. The minimum absolute atomic E-state index is 0.136. The Bertz CT molecular complexity index is 738. The number of esters is 1. The van der Waals surface area contributed by atoms with Crippen LogP contribution in [0, 0.1) is 11.7 Å². The summed E-state index contributed by atoms with van der Waals surface area (Å²) >= 11 is 6.82. The summed E-state index contributed by atoms with van der Waals surface area (Å²) in [5.74, 6) is -2.25. The predicted molar refractivity (Wildman–Crippen MR) is 87.2 cm³/mol. The van der Waals surface area contributed by atoms with Crippen LogP contribution >= 0.6 is 23.1 Å². The van der Waals surface area contributed by atoms with Crippen molar-refractivity contribution < 1.29 is 18.7 Å². The third-order valence-electron chi connectivity index (χ3n) is 3.19. The van der Waals surface area contributed by atoms with Crippen molar-refractivity contribution in [2.75, 3.05) is 0 Å². The molecule has 0 aliphatic carbocycles. The number of hydrogen-bond acceptors (Lipinski definition) is 6. The molecule has 0 bridgehead atoms. The number of aromatic nitrogens is 2. The molecule has 0 saturated carbocycles. The molecule has 0 saturated heterocycles. The minimum atomic E-state index is -0.928. The molecule has 1 atom stereocenters. The number of halogens is 2. The van der Waals surface area contributed by atoms with E-state index >= 15 is 0 Å². The first kappa shape index (κ1) is 18.3. The number of rotatable bonds is 6. The average molecular weight is 372 g/mol. The van der Waals surface area contributed by atoms with Gasteiger partial charge < -0.3 is 10.1 Å². The Balaban J connectivity index is 2.03. The maximum Gasteiger partial charge on any atom is 0.329 e. The van der Waals surface area contributed by atoms with Crippen LogP contribution in [0.1, 0.15) is 29.9 Å². The molecule has 0 aliphatic heterocycles. The van der Waals surface area contributed by atoms with Gasteiger partial charge in [-0.3, -0.25) is 4.79 Å². The van der Waals surface area contributed by atoms with Gasteiger partial charge in [-0.15, -0.1) is 5.10 Å². The highest BCUT2D eigenvalue weighted by atomic mass is 35.5. The Morgan fingerprint density at radius 1 is 1.38 bits per heavy atom. The molecule has 0 fully saturated rings. The Kier molecular flexibility index (Phi) is 6.22. The van der Waals surface area contributed by atoms with Gasteiger partial charge in [0.1, 0.15) is 28.5 Å². The van der Waals surface area contributed by atoms with Crippen molar-refractivity contribution in [1.82, 2.24) is 14.9 Å². The third-order valence-corrected chi connectivity index (χ3v) is 4.17. The number of amides is 1. The number of hydrogen-bond donors (Lipinski definition) is 1. The Morgan fingerprint density at radius 3 is 2.67 bits per heavy atom. The molecule has 1 N–H and O–H groups in total. The quantitative estimate of drug-likeness (QED) is 0.790. The number of carbonyl (C=O) groups is 2. The largest absolute Gasteiger partial charge is 0.457 e. The van der Waals surface area contributed by atoms with Crippen LogP contribution < -0.4 is 5.32 Å². The number of ether oxygens (including phenoxy) is 1. The lowest BCUT2D eigenvalue weighted by Gasteiger charge is -2.20. The van der Waals surface area contributed by atoms with E-state index in [1.54, 1.807) is 13.8 Å². The molecule has 1 amide bonds. The zero-order valence-electron chi connectivity index (χ0n) is 13.0. The van der Waals surface area contributed by atoms with E-state index in [9.17, 15) is 14.0 Å². The van der Waals surface area contributed by atoms with Gasteiger partial charge in [0.15, 0.2) is 0 Å². The standard InChI is InChI=1S/C15H15ClFN3O3S/c1-8(2)12(15(22)23-7-11-13(16)24-20-19-11)18-14(21)9-5-3-4-6-10(9)17/h3-6,8,12H,7H2,1-2H3,(H,18,21)/t12-/m0/s1. The maximum atomic E-state index is 13.7. The normalized spacial score (nSPS) is 12.0. The molecule has 6 nitrogen and oxygen atoms in total. The highest BCUT2D eigenvalue weighted by Gasteiger charge is 2.27. The molecule has 1 aromatic carbocycles. The van der Waals surface area contributed by atoms with Crippen LogP contribution in [-0.4, -0.2) is 27.5 Å². The van der Waals surface area contributed by atoms with E-state index < -0.39 is 23.7 Å². The summed E-state index contributed by atoms with van der Waals surface area (Å²) in [6.07, 6.45) is 0. The van der Waals surface area contributed by atoms with Crippen LogP contribution in [-0.2, 0) is 16.1 Å². The summed E-state index contributed by atoms with van der Waals surface area (Å²) in [4.78, 5) is 24.4. The summed E-state index contributed by atoms with van der Waals surface area (Å²) in [5.41, 5.74) is 0.209. The summed E-state index contributed by atoms with van der Waals surface area (Å²) in [6, 6.07) is 4.61. The molecule has 1 heterocycles. The first-order valence-corrected chi connectivity index (χ1v) is 8.24. The van der Waals surface area contributed by atoms with Gasteiger partial charge in [0.25, 0.3) is 5.91 Å². The highest BCUT2D eigenvalue weighted by molar-refractivity contribution is 7.10. The van der Waals surface area contributed by atoms with Gasteiger partial charge in [-0.2, -0.15) is 0 Å². The summed E-state index contributed by atoms with van der Waals surface area (Å²) in [7, 11) is 0. The Morgan fingerprint density at radius 2 is 2.08 bits per heavy atom. The monoisotopic (exact) mass is 371 g/mol. The van der Waals surface area contributed by atoms with Crippen molar-refractivity contribution in [3.05, 3.63) is 45.7 Å². The van der Waals surface area contributed by atoms with Crippen LogP contribution in [0.5, 0.6) is 0 Å². The lowest BCUT2D eigenvalue weighted by molar-refractivity contribution is -0.148. The lowest BCUT2D eigenvalue weighted by atomic mass is 10.0. The van der Waals surface area contributed by atoms with Crippen molar-refractivity contribution >= 4 is 35.0 Å². The van der Waals surface area contributed by atoms with E-state index in [-0.39, 0.29) is 18.1 Å².